The van der Waals surface area contributed by atoms with Crippen LogP contribution >= 0.6 is 0 Å². The van der Waals surface area contributed by atoms with Crippen molar-refractivity contribution in [2.24, 2.45) is 0 Å². The molecule has 6 nitrogen and oxygen atoms in total. The number of nitrogens with one attached hydrogen (secondary N) is 1. The number of aryl methyl sites for hydroxylation is 2. The molecular formula is C22H26N4O2. The Labute approximate surface area is 165 Å². The molecule has 0 aliphatic carbocycles. The van der Waals surface area contributed by atoms with E-state index in [1.165, 1.54) is 0 Å². The smallest absolute Gasteiger partial charge is 0.251 e. The molecule has 1 aromatic carbocycles. The van der Waals surface area contributed by atoms with Gasteiger partial charge in [-0.25, -0.2) is 9.97 Å². The topological polar surface area (TPSA) is 80.9 Å². The molecule has 0 atom stereocenters. The number of aromatic nitrogens is 3. The lowest BCUT2D eigenvalue weighted by atomic mass is 10.1. The van der Waals surface area contributed by atoms with Crippen molar-refractivity contribution in [2.75, 3.05) is 0 Å². The van der Waals surface area contributed by atoms with Crippen LogP contribution in [0.4, 0.5) is 0 Å². The lowest BCUT2D eigenvalue weighted by Crippen LogP contribution is -2.22. The van der Waals surface area contributed by atoms with Crippen LogP contribution in [0.1, 0.15) is 66.4 Å². The summed E-state index contributed by atoms with van der Waals surface area (Å²) in [5.41, 5.74) is 4.37. The van der Waals surface area contributed by atoms with E-state index in [4.69, 9.17) is 4.52 Å². The van der Waals surface area contributed by atoms with Gasteiger partial charge >= 0.3 is 0 Å². The molecule has 2 aromatic heterocycles. The largest absolute Gasteiger partial charge is 0.359 e. The maximum Gasteiger partial charge on any atom is 0.251 e. The third kappa shape index (κ3) is 4.82. The van der Waals surface area contributed by atoms with Crippen molar-refractivity contribution in [3.05, 3.63) is 64.9 Å². The number of amides is 1. The molecule has 1 N–H and O–H groups in total. The van der Waals surface area contributed by atoms with Crippen LogP contribution in [0.15, 0.2) is 40.9 Å². The predicted molar refractivity (Wildman–Crippen MR) is 108 cm³/mol. The molecule has 0 aliphatic heterocycles. The molecule has 0 aliphatic rings. The third-order valence-electron chi connectivity index (χ3n) is 4.43. The first-order valence-corrected chi connectivity index (χ1v) is 9.65. The van der Waals surface area contributed by atoms with Gasteiger partial charge < -0.3 is 9.84 Å². The Hall–Kier alpha value is -3.02. The molecule has 6 heteroatoms. The van der Waals surface area contributed by atoms with Crippen molar-refractivity contribution in [2.45, 2.75) is 53.0 Å². The Morgan fingerprint density at radius 2 is 1.89 bits per heavy atom. The van der Waals surface area contributed by atoms with Crippen molar-refractivity contribution in [1.82, 2.24) is 20.4 Å². The van der Waals surface area contributed by atoms with E-state index in [9.17, 15) is 4.79 Å². The number of hydrogen-bond acceptors (Lipinski definition) is 5. The van der Waals surface area contributed by atoms with Gasteiger partial charge in [0.2, 0.25) is 0 Å². The van der Waals surface area contributed by atoms with Crippen LogP contribution in [0.25, 0.3) is 11.3 Å². The minimum absolute atomic E-state index is 0.153. The molecule has 2 heterocycles. The fourth-order valence-electron chi connectivity index (χ4n) is 2.91. The fraction of sp³-hybridized carbons (Fsp3) is 0.364. The van der Waals surface area contributed by atoms with Gasteiger partial charge in [0.25, 0.3) is 5.91 Å². The average Bonchev–Trinajstić information content (AvgIpc) is 3.15. The van der Waals surface area contributed by atoms with Gasteiger partial charge in [-0.2, -0.15) is 0 Å². The van der Waals surface area contributed by atoms with E-state index in [1.807, 2.05) is 57.2 Å². The summed E-state index contributed by atoms with van der Waals surface area (Å²) in [6.45, 7) is 8.44. The van der Waals surface area contributed by atoms with Crippen molar-refractivity contribution in [1.29, 1.82) is 0 Å². The minimum atomic E-state index is -0.153. The maximum atomic E-state index is 12.4. The van der Waals surface area contributed by atoms with Gasteiger partial charge in [-0.1, -0.05) is 44.5 Å². The summed E-state index contributed by atoms with van der Waals surface area (Å²) in [5, 5.41) is 6.86. The van der Waals surface area contributed by atoms with Crippen LogP contribution in [0.5, 0.6) is 0 Å². The maximum absolute atomic E-state index is 12.4. The van der Waals surface area contributed by atoms with E-state index in [0.29, 0.717) is 23.8 Å². The first kappa shape index (κ1) is 19.7. The van der Waals surface area contributed by atoms with Crippen molar-refractivity contribution >= 4 is 5.91 Å². The van der Waals surface area contributed by atoms with Crippen LogP contribution in [-0.4, -0.2) is 21.0 Å². The van der Waals surface area contributed by atoms with E-state index in [2.05, 4.69) is 27.4 Å². The van der Waals surface area contributed by atoms with Gasteiger partial charge in [0, 0.05) is 22.9 Å². The number of carbonyl (C=O) groups is 1. The molecule has 146 valence electrons. The molecular weight excluding hydrogens is 352 g/mol. The highest BCUT2D eigenvalue weighted by Gasteiger charge is 2.11. The van der Waals surface area contributed by atoms with Crippen LogP contribution in [0.2, 0.25) is 0 Å². The van der Waals surface area contributed by atoms with E-state index < -0.39 is 0 Å². The van der Waals surface area contributed by atoms with Gasteiger partial charge in [-0.15, -0.1) is 0 Å². The summed E-state index contributed by atoms with van der Waals surface area (Å²) in [7, 11) is 0. The predicted octanol–water partition coefficient (Wildman–Crippen LogP) is 4.45. The zero-order valence-electron chi connectivity index (χ0n) is 16.8. The zero-order valence-corrected chi connectivity index (χ0v) is 16.8. The SMILES string of the molecule is CCCc1cc(-c2ccc(C(=O)NCc3cc(C(C)C)no3)cc2)nc(C)n1. The first-order valence-electron chi connectivity index (χ1n) is 9.65. The monoisotopic (exact) mass is 378 g/mol. The van der Waals surface area contributed by atoms with Crippen molar-refractivity contribution < 1.29 is 9.32 Å². The lowest BCUT2D eigenvalue weighted by Gasteiger charge is -2.07. The summed E-state index contributed by atoms with van der Waals surface area (Å²) in [5.74, 6) is 1.55. The quantitative estimate of drug-likeness (QED) is 0.657. The van der Waals surface area contributed by atoms with Crippen molar-refractivity contribution in [3.63, 3.8) is 0 Å². The Morgan fingerprint density at radius 3 is 2.54 bits per heavy atom. The number of rotatable bonds is 7. The number of carbonyl (C=O) groups excluding carboxylic acids is 1. The molecule has 0 fully saturated rings. The molecule has 0 unspecified atom stereocenters. The normalized spacial score (nSPS) is 11.0. The van der Waals surface area contributed by atoms with Crippen LogP contribution in [0, 0.1) is 6.92 Å². The summed E-state index contributed by atoms with van der Waals surface area (Å²) < 4.78 is 5.25. The number of benzene rings is 1. The second kappa shape index (κ2) is 8.78. The van der Waals surface area contributed by atoms with Crippen LogP contribution < -0.4 is 5.32 Å². The van der Waals surface area contributed by atoms with Crippen LogP contribution in [-0.2, 0) is 13.0 Å². The number of hydrogen-bond donors (Lipinski definition) is 1. The average molecular weight is 378 g/mol. The highest BCUT2D eigenvalue weighted by Crippen LogP contribution is 2.19. The first-order chi connectivity index (χ1) is 13.5. The highest BCUT2D eigenvalue weighted by molar-refractivity contribution is 5.94. The fourth-order valence-corrected chi connectivity index (χ4v) is 2.91. The van der Waals surface area contributed by atoms with Crippen LogP contribution in [0.3, 0.4) is 0 Å². The molecule has 0 radical (unpaired) electrons. The molecule has 0 saturated heterocycles. The minimum Gasteiger partial charge on any atom is -0.359 e. The molecule has 3 rings (SSSR count). The second-order valence-corrected chi connectivity index (χ2v) is 7.17. The third-order valence-corrected chi connectivity index (χ3v) is 4.43. The molecule has 3 aromatic rings. The van der Waals surface area contributed by atoms with Crippen molar-refractivity contribution in [3.8, 4) is 11.3 Å². The van der Waals surface area contributed by atoms with Gasteiger partial charge in [0.05, 0.1) is 17.9 Å². The van der Waals surface area contributed by atoms with E-state index in [-0.39, 0.29) is 5.91 Å². The Kier molecular flexibility index (Phi) is 6.19. The van der Waals surface area contributed by atoms with Gasteiger partial charge in [0.15, 0.2) is 5.76 Å². The van der Waals surface area contributed by atoms with Gasteiger partial charge in [-0.05, 0) is 37.5 Å². The molecule has 0 bridgehead atoms. The zero-order chi connectivity index (χ0) is 20.1. The molecule has 28 heavy (non-hydrogen) atoms. The summed E-state index contributed by atoms with van der Waals surface area (Å²) in [6, 6.07) is 11.3. The standard InChI is InChI=1S/C22H26N4O2/c1-5-6-18-11-21(25-15(4)24-18)16-7-9-17(10-8-16)22(27)23-13-19-12-20(14(2)3)26-28-19/h7-12,14H,5-6,13H2,1-4H3,(H,23,27). The van der Waals surface area contributed by atoms with Gasteiger partial charge in [-0.3, -0.25) is 4.79 Å². The molecule has 1 amide bonds. The van der Waals surface area contributed by atoms with E-state index in [0.717, 1.165) is 41.3 Å². The van der Waals surface area contributed by atoms with E-state index >= 15 is 0 Å². The Balaban J connectivity index is 1.67. The Bertz CT molecular complexity index is 945. The summed E-state index contributed by atoms with van der Waals surface area (Å²) in [4.78, 5) is 21.4. The Morgan fingerprint density at radius 1 is 1.14 bits per heavy atom. The molecule has 0 saturated carbocycles. The summed E-state index contributed by atoms with van der Waals surface area (Å²) in [6.07, 6.45) is 1.97. The summed E-state index contributed by atoms with van der Waals surface area (Å²) >= 11 is 0. The highest BCUT2D eigenvalue weighted by atomic mass is 16.5. The molecule has 0 spiro atoms. The van der Waals surface area contributed by atoms with Gasteiger partial charge in [0.1, 0.15) is 5.82 Å². The number of nitrogens with zero attached hydrogens (tertiary/aromatic N) is 3. The second-order valence-electron chi connectivity index (χ2n) is 7.17. The lowest BCUT2D eigenvalue weighted by molar-refractivity contribution is 0.0947. The van der Waals surface area contributed by atoms with E-state index in [1.54, 1.807) is 0 Å².